The lowest BCUT2D eigenvalue weighted by atomic mass is 10.3. The van der Waals surface area contributed by atoms with Crippen molar-refractivity contribution in [2.45, 2.75) is 6.54 Å². The number of carbonyl (C=O) groups is 1. The minimum atomic E-state index is -0.433. The van der Waals surface area contributed by atoms with Gasteiger partial charge >= 0.3 is 0 Å². The van der Waals surface area contributed by atoms with E-state index in [1.54, 1.807) is 36.7 Å². The molecular formula is C18H18FN5O2. The number of nitrogens with one attached hydrogen (secondary N) is 1. The van der Waals surface area contributed by atoms with E-state index in [2.05, 4.69) is 20.2 Å². The molecule has 3 aromatic rings. The first-order valence-corrected chi connectivity index (χ1v) is 8.40. The molecule has 4 heterocycles. The summed E-state index contributed by atoms with van der Waals surface area (Å²) in [5, 5.41) is 2.70. The lowest BCUT2D eigenvalue weighted by Gasteiger charge is -2.25. The number of rotatable bonds is 4. The summed E-state index contributed by atoms with van der Waals surface area (Å²) in [6.07, 6.45) is 3.23. The number of ether oxygens (including phenoxy) is 1. The molecule has 0 aromatic carbocycles. The van der Waals surface area contributed by atoms with Gasteiger partial charge in [0.05, 0.1) is 18.9 Å². The van der Waals surface area contributed by atoms with Crippen LogP contribution in [0.2, 0.25) is 0 Å². The molecule has 0 radical (unpaired) electrons. The predicted octanol–water partition coefficient (Wildman–Crippen LogP) is 1.95. The first-order valence-electron chi connectivity index (χ1n) is 8.40. The molecule has 0 saturated carbocycles. The highest BCUT2D eigenvalue weighted by molar-refractivity contribution is 6.02. The molecule has 1 saturated heterocycles. The standard InChI is InChI=1S/C18H18FN5O2/c19-13-4-3-7-24-16(13)14(12-23-8-10-26-11-9-23)21-17(24)18(25)22-15-5-1-2-6-20-15/h1-7H,8-12H2,(H,20,22,25). The third-order valence-electron chi connectivity index (χ3n) is 4.27. The number of carbonyl (C=O) groups excluding carboxylic acids is 1. The molecule has 1 N–H and O–H groups in total. The molecule has 0 atom stereocenters. The highest BCUT2D eigenvalue weighted by Gasteiger charge is 2.22. The van der Waals surface area contributed by atoms with Crippen LogP contribution in [0.15, 0.2) is 42.7 Å². The molecule has 1 fully saturated rings. The Kier molecular flexibility index (Phi) is 4.59. The maximum absolute atomic E-state index is 14.5. The quantitative estimate of drug-likeness (QED) is 0.775. The Morgan fingerprint density at radius 2 is 2.08 bits per heavy atom. The second-order valence-electron chi connectivity index (χ2n) is 6.01. The summed E-state index contributed by atoms with van der Waals surface area (Å²) in [6.45, 7) is 3.25. The number of imidazole rings is 1. The van der Waals surface area contributed by atoms with Crippen molar-refractivity contribution in [2.24, 2.45) is 0 Å². The zero-order valence-corrected chi connectivity index (χ0v) is 14.1. The average molecular weight is 355 g/mol. The van der Waals surface area contributed by atoms with Crippen molar-refractivity contribution in [1.82, 2.24) is 19.3 Å². The third-order valence-corrected chi connectivity index (χ3v) is 4.27. The molecule has 0 bridgehead atoms. The number of amides is 1. The summed E-state index contributed by atoms with van der Waals surface area (Å²) >= 11 is 0. The van der Waals surface area contributed by atoms with E-state index in [1.807, 2.05) is 0 Å². The van der Waals surface area contributed by atoms with Crippen molar-refractivity contribution in [3.63, 3.8) is 0 Å². The van der Waals surface area contributed by atoms with E-state index in [4.69, 9.17) is 4.74 Å². The summed E-state index contributed by atoms with van der Waals surface area (Å²) in [6, 6.07) is 8.15. The van der Waals surface area contributed by atoms with Gasteiger partial charge in [-0.1, -0.05) is 6.07 Å². The highest BCUT2D eigenvalue weighted by atomic mass is 19.1. The number of hydrogen-bond donors (Lipinski definition) is 1. The van der Waals surface area contributed by atoms with Crippen LogP contribution in [0.3, 0.4) is 0 Å². The van der Waals surface area contributed by atoms with E-state index in [9.17, 15) is 9.18 Å². The smallest absolute Gasteiger partial charge is 0.293 e. The van der Waals surface area contributed by atoms with Gasteiger partial charge in [-0.15, -0.1) is 0 Å². The predicted molar refractivity (Wildman–Crippen MR) is 93.4 cm³/mol. The fraction of sp³-hybridized carbons (Fsp3) is 0.278. The Hall–Kier alpha value is -2.84. The largest absolute Gasteiger partial charge is 0.379 e. The minimum Gasteiger partial charge on any atom is -0.379 e. The van der Waals surface area contributed by atoms with Crippen LogP contribution < -0.4 is 5.32 Å². The van der Waals surface area contributed by atoms with Gasteiger partial charge in [-0.2, -0.15) is 0 Å². The molecule has 0 aliphatic carbocycles. The monoisotopic (exact) mass is 355 g/mol. The number of nitrogens with zero attached hydrogens (tertiary/aromatic N) is 4. The summed E-state index contributed by atoms with van der Waals surface area (Å²) in [7, 11) is 0. The van der Waals surface area contributed by atoms with E-state index in [0.717, 1.165) is 13.1 Å². The summed E-state index contributed by atoms with van der Waals surface area (Å²) in [4.78, 5) is 23.3. The molecule has 7 nitrogen and oxygen atoms in total. The Morgan fingerprint density at radius 1 is 1.23 bits per heavy atom. The second kappa shape index (κ2) is 7.19. The van der Waals surface area contributed by atoms with Crippen LogP contribution in [-0.2, 0) is 11.3 Å². The number of anilines is 1. The molecule has 0 unspecified atom stereocenters. The Labute approximate surface area is 149 Å². The van der Waals surface area contributed by atoms with Crippen LogP contribution in [0.25, 0.3) is 5.52 Å². The molecule has 134 valence electrons. The van der Waals surface area contributed by atoms with Crippen molar-refractivity contribution in [1.29, 1.82) is 0 Å². The fourth-order valence-electron chi connectivity index (χ4n) is 3.02. The lowest BCUT2D eigenvalue weighted by molar-refractivity contribution is 0.0338. The van der Waals surface area contributed by atoms with Gasteiger partial charge in [0.15, 0.2) is 0 Å². The first-order chi connectivity index (χ1) is 12.7. The highest BCUT2D eigenvalue weighted by Crippen LogP contribution is 2.20. The van der Waals surface area contributed by atoms with Gasteiger partial charge in [-0.25, -0.2) is 14.4 Å². The molecular weight excluding hydrogens is 337 g/mol. The van der Waals surface area contributed by atoms with Crippen molar-refractivity contribution in [3.8, 4) is 0 Å². The SMILES string of the molecule is O=C(Nc1ccccn1)c1nc(CN2CCOCC2)c2c(F)cccn12. The van der Waals surface area contributed by atoms with Crippen LogP contribution >= 0.6 is 0 Å². The van der Waals surface area contributed by atoms with Gasteiger partial charge in [0.1, 0.15) is 17.2 Å². The average Bonchev–Trinajstić information content (AvgIpc) is 3.03. The lowest BCUT2D eigenvalue weighted by Crippen LogP contribution is -2.35. The zero-order valence-electron chi connectivity index (χ0n) is 14.1. The van der Waals surface area contributed by atoms with Gasteiger partial charge in [0.25, 0.3) is 5.91 Å². The first kappa shape index (κ1) is 16.6. The number of hydrogen-bond acceptors (Lipinski definition) is 5. The molecule has 4 rings (SSSR count). The topological polar surface area (TPSA) is 71.8 Å². The fourth-order valence-corrected chi connectivity index (χ4v) is 3.02. The van der Waals surface area contributed by atoms with E-state index in [-0.39, 0.29) is 5.82 Å². The normalized spacial score (nSPS) is 15.3. The van der Waals surface area contributed by atoms with Crippen LogP contribution in [0.1, 0.15) is 16.3 Å². The molecule has 1 amide bonds. The summed E-state index contributed by atoms with van der Waals surface area (Å²) in [5.74, 6) is -0.286. The van der Waals surface area contributed by atoms with Crippen LogP contribution in [-0.4, -0.2) is 51.5 Å². The maximum Gasteiger partial charge on any atom is 0.293 e. The van der Waals surface area contributed by atoms with Gasteiger partial charge in [0, 0.05) is 32.0 Å². The van der Waals surface area contributed by atoms with Gasteiger partial charge in [-0.3, -0.25) is 14.1 Å². The zero-order chi connectivity index (χ0) is 17.9. The second-order valence-corrected chi connectivity index (χ2v) is 6.01. The van der Waals surface area contributed by atoms with Crippen molar-refractivity contribution < 1.29 is 13.9 Å². The van der Waals surface area contributed by atoms with E-state index >= 15 is 0 Å². The van der Waals surface area contributed by atoms with E-state index in [1.165, 1.54) is 10.5 Å². The van der Waals surface area contributed by atoms with E-state index < -0.39 is 11.7 Å². The summed E-state index contributed by atoms with van der Waals surface area (Å²) < 4.78 is 21.3. The third kappa shape index (κ3) is 3.29. The number of fused-ring (bicyclic) bond motifs is 1. The Balaban J connectivity index is 1.68. The van der Waals surface area contributed by atoms with Crippen LogP contribution in [0, 0.1) is 5.82 Å². The van der Waals surface area contributed by atoms with Crippen LogP contribution in [0.4, 0.5) is 10.2 Å². The Morgan fingerprint density at radius 3 is 2.85 bits per heavy atom. The van der Waals surface area contributed by atoms with Crippen molar-refractivity contribution in [2.75, 3.05) is 31.6 Å². The van der Waals surface area contributed by atoms with Crippen molar-refractivity contribution >= 4 is 17.2 Å². The molecule has 0 spiro atoms. The molecule has 1 aliphatic rings. The maximum atomic E-state index is 14.5. The van der Waals surface area contributed by atoms with Gasteiger partial charge < -0.3 is 10.1 Å². The minimum absolute atomic E-state index is 0.133. The molecule has 26 heavy (non-hydrogen) atoms. The number of halogens is 1. The van der Waals surface area contributed by atoms with Crippen LogP contribution in [0.5, 0.6) is 0 Å². The molecule has 1 aliphatic heterocycles. The molecule has 8 heteroatoms. The van der Waals surface area contributed by atoms with E-state index in [0.29, 0.717) is 36.8 Å². The molecule has 3 aromatic heterocycles. The van der Waals surface area contributed by atoms with Gasteiger partial charge in [0.2, 0.25) is 5.82 Å². The van der Waals surface area contributed by atoms with Gasteiger partial charge in [-0.05, 0) is 24.3 Å². The number of aromatic nitrogens is 3. The number of pyridine rings is 2. The number of morpholine rings is 1. The Bertz CT molecular complexity index is 922. The van der Waals surface area contributed by atoms with Crippen molar-refractivity contribution in [3.05, 3.63) is 60.1 Å². The summed E-state index contributed by atoms with van der Waals surface area (Å²) in [5.41, 5.74) is 0.862.